The number of alkyl halides is 3. The van der Waals surface area contributed by atoms with Crippen molar-refractivity contribution in [3.05, 3.63) is 57.0 Å². The van der Waals surface area contributed by atoms with Crippen molar-refractivity contribution < 1.29 is 21.6 Å². The van der Waals surface area contributed by atoms with Crippen LogP contribution in [-0.2, 0) is 16.2 Å². The Balaban J connectivity index is 2.48. The number of anilines is 1. The van der Waals surface area contributed by atoms with Crippen LogP contribution in [0.4, 0.5) is 18.9 Å². The Morgan fingerprint density at radius 2 is 1.83 bits per heavy atom. The lowest BCUT2D eigenvalue weighted by Crippen LogP contribution is -2.15. The third-order valence-electron chi connectivity index (χ3n) is 3.02. The molecule has 9 heteroatoms. The fourth-order valence-corrected chi connectivity index (χ4v) is 3.82. The molecule has 0 spiro atoms. The van der Waals surface area contributed by atoms with Crippen LogP contribution >= 0.6 is 27.5 Å². The number of benzene rings is 2. The van der Waals surface area contributed by atoms with Crippen LogP contribution in [0.1, 0.15) is 11.1 Å². The quantitative estimate of drug-likeness (QED) is 0.727. The summed E-state index contributed by atoms with van der Waals surface area (Å²) in [7, 11) is -4.20. The zero-order chi connectivity index (χ0) is 17.4. The lowest BCUT2D eigenvalue weighted by atomic mass is 10.2. The smallest absolute Gasteiger partial charge is 0.279 e. The molecule has 1 N–H and O–H groups in total. The Morgan fingerprint density at radius 1 is 1.17 bits per heavy atom. The molecule has 0 aliphatic heterocycles. The number of halogens is 5. The lowest BCUT2D eigenvalue weighted by Gasteiger charge is -2.13. The van der Waals surface area contributed by atoms with E-state index in [9.17, 15) is 21.6 Å². The number of rotatable bonds is 3. The maximum atomic E-state index is 12.8. The largest absolute Gasteiger partial charge is 0.416 e. The molecule has 0 radical (unpaired) electrons. The highest BCUT2D eigenvalue weighted by Crippen LogP contribution is 2.34. The highest BCUT2D eigenvalue weighted by molar-refractivity contribution is 9.10. The first-order chi connectivity index (χ1) is 10.5. The van der Waals surface area contributed by atoms with Gasteiger partial charge in [0.2, 0.25) is 0 Å². The van der Waals surface area contributed by atoms with Crippen LogP contribution in [-0.4, -0.2) is 8.42 Å². The third kappa shape index (κ3) is 4.19. The number of hydrogen-bond acceptors (Lipinski definition) is 2. The molecule has 0 saturated heterocycles. The Morgan fingerprint density at radius 3 is 2.43 bits per heavy atom. The van der Waals surface area contributed by atoms with Gasteiger partial charge in [0.15, 0.2) is 0 Å². The molecule has 124 valence electrons. The second kappa shape index (κ2) is 6.33. The van der Waals surface area contributed by atoms with Gasteiger partial charge in [-0.15, -0.1) is 0 Å². The molecule has 23 heavy (non-hydrogen) atoms. The van der Waals surface area contributed by atoms with E-state index in [0.29, 0.717) is 16.7 Å². The molecule has 0 amide bonds. The second-order valence-electron chi connectivity index (χ2n) is 4.69. The van der Waals surface area contributed by atoms with Gasteiger partial charge in [-0.05, 0) is 42.8 Å². The molecule has 2 rings (SSSR count). The van der Waals surface area contributed by atoms with E-state index in [-0.39, 0.29) is 10.2 Å². The van der Waals surface area contributed by atoms with Crippen molar-refractivity contribution in [3.8, 4) is 0 Å². The van der Waals surface area contributed by atoms with Gasteiger partial charge in [-0.2, -0.15) is 13.2 Å². The molecule has 0 bridgehead atoms. The minimum Gasteiger partial charge on any atom is -0.279 e. The second-order valence-corrected chi connectivity index (χ2v) is 7.70. The average Bonchev–Trinajstić information content (AvgIpc) is 2.42. The molecule has 0 atom stereocenters. The fourth-order valence-electron chi connectivity index (χ4n) is 1.80. The fraction of sp³-hybridized carbons (Fsp3) is 0.143. The van der Waals surface area contributed by atoms with Crippen LogP contribution in [0, 0.1) is 6.92 Å². The Labute approximate surface area is 144 Å². The summed E-state index contributed by atoms with van der Waals surface area (Å²) in [6.45, 7) is 1.60. The highest BCUT2D eigenvalue weighted by Gasteiger charge is 2.32. The normalized spacial score (nSPS) is 12.3. The number of nitrogens with one attached hydrogen (secondary N) is 1. The first-order valence-corrected chi connectivity index (χ1v) is 8.82. The molecule has 0 heterocycles. The van der Waals surface area contributed by atoms with E-state index in [1.807, 2.05) is 0 Å². The Hall–Kier alpha value is -1.25. The molecule has 0 aliphatic carbocycles. The molecule has 0 aliphatic rings. The van der Waals surface area contributed by atoms with Crippen molar-refractivity contribution >= 4 is 43.2 Å². The van der Waals surface area contributed by atoms with Crippen LogP contribution in [0.3, 0.4) is 0 Å². The summed E-state index contributed by atoms with van der Waals surface area (Å²) in [5.41, 5.74) is -0.384. The molecule has 2 aromatic carbocycles. The molecular weight excluding hydrogens is 419 g/mol. The summed E-state index contributed by atoms with van der Waals surface area (Å²) in [5.74, 6) is 0. The van der Waals surface area contributed by atoms with Crippen LogP contribution in [0.15, 0.2) is 45.8 Å². The van der Waals surface area contributed by atoms with Gasteiger partial charge in [0.05, 0.1) is 16.1 Å². The Kier molecular flexibility index (Phi) is 4.98. The van der Waals surface area contributed by atoms with Gasteiger partial charge >= 0.3 is 6.18 Å². The van der Waals surface area contributed by atoms with Crippen LogP contribution in [0.25, 0.3) is 0 Å². The lowest BCUT2D eigenvalue weighted by molar-refractivity contribution is -0.137. The number of sulfonamides is 1. The summed E-state index contributed by atoms with van der Waals surface area (Å²) >= 11 is 8.80. The maximum absolute atomic E-state index is 12.8. The van der Waals surface area contributed by atoms with Crippen molar-refractivity contribution in [2.45, 2.75) is 18.0 Å². The molecule has 3 nitrogen and oxygen atoms in total. The number of hydrogen-bond donors (Lipinski definition) is 1. The molecule has 0 fully saturated rings. The van der Waals surface area contributed by atoms with Crippen LogP contribution in [0.5, 0.6) is 0 Å². The van der Waals surface area contributed by atoms with E-state index in [4.69, 9.17) is 11.6 Å². The van der Waals surface area contributed by atoms with Crippen molar-refractivity contribution in [1.82, 2.24) is 0 Å². The van der Waals surface area contributed by atoms with Gasteiger partial charge in [-0.3, -0.25) is 4.72 Å². The summed E-state index contributed by atoms with van der Waals surface area (Å²) in [6.07, 6.45) is -4.65. The predicted octanol–water partition coefficient (Wildman–Crippen LogP) is 5.23. The molecule has 2 aromatic rings. The Bertz CT molecular complexity index is 854. The average molecular weight is 429 g/mol. The van der Waals surface area contributed by atoms with Gasteiger partial charge in [0.1, 0.15) is 0 Å². The summed E-state index contributed by atoms with van der Waals surface area (Å²) in [5, 5.41) is 0.343. The summed E-state index contributed by atoms with van der Waals surface area (Å²) in [4.78, 5) is -0.501. The van der Waals surface area contributed by atoms with Crippen molar-refractivity contribution in [2.75, 3.05) is 4.72 Å². The van der Waals surface area contributed by atoms with E-state index in [0.717, 1.165) is 12.1 Å². The van der Waals surface area contributed by atoms with E-state index < -0.39 is 26.7 Å². The van der Waals surface area contributed by atoms with E-state index in [2.05, 4.69) is 20.7 Å². The zero-order valence-electron chi connectivity index (χ0n) is 11.6. The summed E-state index contributed by atoms with van der Waals surface area (Å²) < 4.78 is 65.4. The van der Waals surface area contributed by atoms with Crippen LogP contribution in [0.2, 0.25) is 5.02 Å². The zero-order valence-corrected chi connectivity index (χ0v) is 14.7. The van der Waals surface area contributed by atoms with Crippen molar-refractivity contribution in [1.29, 1.82) is 0 Å². The minimum atomic E-state index is -4.65. The highest BCUT2D eigenvalue weighted by atomic mass is 79.9. The van der Waals surface area contributed by atoms with E-state index in [1.165, 1.54) is 12.1 Å². The summed E-state index contributed by atoms with van der Waals surface area (Å²) in [6, 6.07) is 7.07. The first-order valence-electron chi connectivity index (χ1n) is 6.16. The van der Waals surface area contributed by atoms with Gasteiger partial charge in [-0.25, -0.2) is 8.42 Å². The van der Waals surface area contributed by atoms with Gasteiger partial charge in [-0.1, -0.05) is 33.6 Å². The monoisotopic (exact) mass is 427 g/mol. The standard InChI is InChI=1S/C14H10BrClF3NO2S/c1-8-12(16)3-2-4-13(8)20-23(21,22)11-6-9(14(17,18)19)5-10(15)7-11/h2-7,20H,1H3. The molecule has 0 unspecified atom stereocenters. The predicted molar refractivity (Wildman–Crippen MR) is 86.1 cm³/mol. The molecule has 0 aromatic heterocycles. The van der Waals surface area contributed by atoms with Gasteiger partial charge in [0, 0.05) is 9.50 Å². The van der Waals surface area contributed by atoms with Gasteiger partial charge in [0.25, 0.3) is 10.0 Å². The topological polar surface area (TPSA) is 46.2 Å². The minimum absolute atomic E-state index is 0.00974. The van der Waals surface area contributed by atoms with Crippen molar-refractivity contribution in [2.24, 2.45) is 0 Å². The van der Waals surface area contributed by atoms with Crippen LogP contribution < -0.4 is 4.72 Å². The van der Waals surface area contributed by atoms with E-state index in [1.54, 1.807) is 13.0 Å². The first kappa shape index (κ1) is 18.1. The molecular formula is C14H10BrClF3NO2S. The van der Waals surface area contributed by atoms with E-state index >= 15 is 0 Å². The third-order valence-corrected chi connectivity index (χ3v) is 5.23. The van der Waals surface area contributed by atoms with Crippen molar-refractivity contribution in [3.63, 3.8) is 0 Å². The maximum Gasteiger partial charge on any atom is 0.416 e. The van der Waals surface area contributed by atoms with Gasteiger partial charge < -0.3 is 0 Å². The molecule has 0 saturated carbocycles. The SMILES string of the molecule is Cc1c(Cl)cccc1NS(=O)(=O)c1cc(Br)cc(C(F)(F)F)c1.